The molecule has 3 aromatic rings. The number of nitrogens with zero attached hydrogens (tertiary/aromatic N) is 2. The molecule has 1 heterocycles. The highest BCUT2D eigenvalue weighted by atomic mass is 32.2. The van der Waals surface area contributed by atoms with Crippen LogP contribution in [-0.4, -0.2) is 24.1 Å². The lowest BCUT2D eigenvalue weighted by Crippen LogP contribution is -2.30. The van der Waals surface area contributed by atoms with E-state index in [0.29, 0.717) is 4.68 Å². The molecule has 0 saturated carbocycles. The van der Waals surface area contributed by atoms with Crippen LogP contribution < -0.4 is 10.9 Å². The van der Waals surface area contributed by atoms with Gasteiger partial charge in [-0.3, -0.25) is 9.59 Å². The molecular weight excluding hydrogens is 392 g/mol. The second-order valence-corrected chi connectivity index (χ2v) is 7.56. The average molecular weight is 405 g/mol. The molecule has 0 bridgehead atoms. The fourth-order valence-corrected chi connectivity index (χ4v) is 3.53. The van der Waals surface area contributed by atoms with Crippen molar-refractivity contribution in [1.29, 1.82) is 0 Å². The molecule has 28 heavy (non-hydrogen) atoms. The topological polar surface area (TPSA) is 98.1 Å². The van der Waals surface area contributed by atoms with Crippen LogP contribution in [0.3, 0.4) is 0 Å². The number of carbonyl (C=O) groups excluding carboxylic acids is 1. The van der Waals surface area contributed by atoms with Gasteiger partial charge in [-0.2, -0.15) is 5.10 Å². The Morgan fingerprint density at radius 3 is 2.39 bits per heavy atom. The van der Waals surface area contributed by atoms with Crippen LogP contribution in [0.25, 0.3) is 0 Å². The third-order valence-corrected chi connectivity index (χ3v) is 5.33. The summed E-state index contributed by atoms with van der Waals surface area (Å²) in [5.74, 6) is -2.99. The molecule has 1 aromatic heterocycles. The van der Waals surface area contributed by atoms with E-state index >= 15 is 0 Å². The number of hydrogen-bond acceptors (Lipinski definition) is 5. The summed E-state index contributed by atoms with van der Waals surface area (Å²) in [4.78, 5) is 24.0. The fraction of sp³-hybridized carbons (Fsp3) is 0.0556. The Kier molecular flexibility index (Phi) is 5.32. The number of halogens is 2. The quantitative estimate of drug-likeness (QED) is 0.700. The molecule has 0 radical (unpaired) electrons. The molecule has 3 rings (SSSR count). The van der Waals surface area contributed by atoms with Crippen LogP contribution in [0.1, 0.15) is 0 Å². The van der Waals surface area contributed by atoms with E-state index in [0.717, 1.165) is 30.3 Å². The number of anilines is 1. The lowest BCUT2D eigenvalue weighted by Gasteiger charge is -2.09. The summed E-state index contributed by atoms with van der Waals surface area (Å²) >= 11 is 0. The van der Waals surface area contributed by atoms with E-state index in [1.54, 1.807) is 6.07 Å². The molecule has 0 aliphatic carbocycles. The van der Waals surface area contributed by atoms with Crippen LogP contribution in [0.2, 0.25) is 0 Å². The van der Waals surface area contributed by atoms with Crippen molar-refractivity contribution in [3.63, 3.8) is 0 Å². The Labute approximate surface area is 158 Å². The third-order valence-electron chi connectivity index (χ3n) is 3.67. The van der Waals surface area contributed by atoms with Gasteiger partial charge in [0.25, 0.3) is 5.56 Å². The molecule has 0 saturated heterocycles. The number of rotatable bonds is 5. The smallest absolute Gasteiger partial charge is 0.267 e. The number of nitrogens with one attached hydrogen (secondary N) is 1. The molecule has 1 amide bonds. The molecule has 7 nitrogen and oxygen atoms in total. The maximum atomic E-state index is 13.2. The molecule has 10 heteroatoms. The van der Waals surface area contributed by atoms with Gasteiger partial charge in [0.15, 0.2) is 16.7 Å². The van der Waals surface area contributed by atoms with Gasteiger partial charge in [-0.25, -0.2) is 21.9 Å². The van der Waals surface area contributed by atoms with Gasteiger partial charge in [0.1, 0.15) is 6.54 Å². The van der Waals surface area contributed by atoms with Crippen molar-refractivity contribution in [3.05, 3.63) is 82.7 Å². The van der Waals surface area contributed by atoms with E-state index < -0.39 is 44.5 Å². The lowest BCUT2D eigenvalue weighted by atomic mass is 10.3. The van der Waals surface area contributed by atoms with Gasteiger partial charge in [-0.1, -0.05) is 18.2 Å². The number of amides is 1. The van der Waals surface area contributed by atoms with Crippen molar-refractivity contribution in [3.8, 4) is 0 Å². The number of carbonyl (C=O) groups is 1. The molecule has 1 N–H and O–H groups in total. The highest BCUT2D eigenvalue weighted by molar-refractivity contribution is 7.91. The molecule has 0 aliphatic rings. The predicted octanol–water partition coefficient (Wildman–Crippen LogP) is 1.99. The number of sulfone groups is 1. The highest BCUT2D eigenvalue weighted by Gasteiger charge is 2.20. The second-order valence-electron chi connectivity index (χ2n) is 5.66. The largest absolute Gasteiger partial charge is 0.324 e. The summed E-state index contributed by atoms with van der Waals surface area (Å²) in [6, 6.07) is 12.3. The van der Waals surface area contributed by atoms with E-state index in [9.17, 15) is 26.8 Å². The van der Waals surface area contributed by atoms with Gasteiger partial charge in [0.05, 0.1) is 4.90 Å². The van der Waals surface area contributed by atoms with Gasteiger partial charge < -0.3 is 5.32 Å². The van der Waals surface area contributed by atoms with Gasteiger partial charge in [0.2, 0.25) is 15.7 Å². The van der Waals surface area contributed by atoms with Gasteiger partial charge >= 0.3 is 0 Å². The summed E-state index contributed by atoms with van der Waals surface area (Å²) in [5, 5.41) is 5.63. The Hall–Kier alpha value is -3.40. The molecule has 0 atom stereocenters. The first-order chi connectivity index (χ1) is 13.3. The Balaban J connectivity index is 1.85. The molecule has 0 fully saturated rings. The Morgan fingerprint density at radius 1 is 1.00 bits per heavy atom. The first-order valence-corrected chi connectivity index (χ1v) is 9.39. The minimum atomic E-state index is -3.98. The average Bonchev–Trinajstić information content (AvgIpc) is 2.67. The Bertz CT molecular complexity index is 1190. The zero-order valence-electron chi connectivity index (χ0n) is 14.2. The van der Waals surface area contributed by atoms with Crippen molar-refractivity contribution in [1.82, 2.24) is 9.78 Å². The molecule has 0 spiro atoms. The fourth-order valence-electron chi connectivity index (χ4n) is 2.32. The second kappa shape index (κ2) is 7.69. The van der Waals surface area contributed by atoms with Crippen LogP contribution in [0.4, 0.5) is 14.5 Å². The van der Waals surface area contributed by atoms with E-state index in [-0.39, 0.29) is 10.6 Å². The lowest BCUT2D eigenvalue weighted by molar-refractivity contribution is -0.117. The predicted molar refractivity (Wildman–Crippen MR) is 95.4 cm³/mol. The van der Waals surface area contributed by atoms with Crippen LogP contribution in [0.5, 0.6) is 0 Å². The standard InChI is InChI=1S/C18H13F2N3O4S/c19-14-7-6-12(10-15(14)20)21-16(24)11-23-18(25)9-8-17(22-23)28(26,27)13-4-2-1-3-5-13/h1-10H,11H2,(H,21,24). The van der Waals surface area contributed by atoms with Crippen molar-refractivity contribution in [2.75, 3.05) is 5.32 Å². The molecular formula is C18H13F2N3O4S. The summed E-state index contributed by atoms with van der Waals surface area (Å²) in [6.07, 6.45) is 0. The zero-order valence-corrected chi connectivity index (χ0v) is 15.0. The number of hydrogen-bond donors (Lipinski definition) is 1. The summed E-state index contributed by atoms with van der Waals surface area (Å²) in [7, 11) is -3.98. The molecule has 2 aromatic carbocycles. The Morgan fingerprint density at radius 2 is 1.71 bits per heavy atom. The summed E-state index contributed by atoms with van der Waals surface area (Å²) in [5.41, 5.74) is -0.725. The van der Waals surface area contributed by atoms with Crippen LogP contribution in [-0.2, 0) is 21.2 Å². The molecule has 144 valence electrons. The molecule has 0 aliphatic heterocycles. The van der Waals surface area contributed by atoms with E-state index in [4.69, 9.17) is 0 Å². The summed E-state index contributed by atoms with van der Waals surface area (Å²) < 4.78 is 52.0. The first-order valence-electron chi connectivity index (χ1n) is 7.90. The maximum Gasteiger partial charge on any atom is 0.267 e. The van der Waals surface area contributed by atoms with Crippen LogP contribution in [0.15, 0.2) is 75.4 Å². The third kappa shape index (κ3) is 4.12. The zero-order chi connectivity index (χ0) is 20.3. The minimum absolute atomic E-state index is 0.0149. The van der Waals surface area contributed by atoms with Crippen molar-refractivity contribution in [2.24, 2.45) is 0 Å². The first kappa shape index (κ1) is 19.4. The van der Waals surface area contributed by atoms with E-state index in [1.807, 2.05) is 0 Å². The van der Waals surface area contributed by atoms with Gasteiger partial charge in [-0.15, -0.1) is 0 Å². The van der Waals surface area contributed by atoms with Crippen molar-refractivity contribution >= 4 is 21.4 Å². The van der Waals surface area contributed by atoms with Gasteiger partial charge in [0, 0.05) is 17.8 Å². The van der Waals surface area contributed by atoms with Crippen LogP contribution >= 0.6 is 0 Å². The number of aromatic nitrogens is 2. The number of benzene rings is 2. The maximum absolute atomic E-state index is 13.2. The van der Waals surface area contributed by atoms with Crippen LogP contribution in [0, 0.1) is 11.6 Å². The SMILES string of the molecule is O=C(Cn1nc(S(=O)(=O)c2ccccc2)ccc1=O)Nc1ccc(F)c(F)c1. The van der Waals surface area contributed by atoms with Gasteiger partial charge in [-0.05, 0) is 30.3 Å². The molecule has 0 unspecified atom stereocenters. The highest BCUT2D eigenvalue weighted by Crippen LogP contribution is 2.17. The van der Waals surface area contributed by atoms with E-state index in [2.05, 4.69) is 10.4 Å². The van der Waals surface area contributed by atoms with Crippen molar-refractivity contribution in [2.45, 2.75) is 16.5 Å². The minimum Gasteiger partial charge on any atom is -0.324 e. The summed E-state index contributed by atoms with van der Waals surface area (Å²) in [6.45, 7) is -0.615. The monoisotopic (exact) mass is 405 g/mol. The van der Waals surface area contributed by atoms with Crippen molar-refractivity contribution < 1.29 is 22.0 Å². The normalized spacial score (nSPS) is 11.2. The van der Waals surface area contributed by atoms with E-state index in [1.165, 1.54) is 24.3 Å².